The van der Waals surface area contributed by atoms with E-state index in [1.54, 1.807) is 0 Å². The predicted octanol–water partition coefficient (Wildman–Crippen LogP) is 4.89. The average molecular weight is 404 g/mol. The Morgan fingerprint density at radius 1 is 1.03 bits per heavy atom. The summed E-state index contributed by atoms with van der Waals surface area (Å²) in [5, 5.41) is 8.44. The van der Waals surface area contributed by atoms with Gasteiger partial charge in [-0.3, -0.25) is 5.41 Å². The number of allylic oxidation sites excluding steroid dienone is 1. The number of ether oxygens (including phenoxy) is 1. The van der Waals surface area contributed by atoms with Crippen LogP contribution in [-0.4, -0.2) is 41.9 Å². The molecule has 0 radical (unpaired) electrons. The van der Waals surface area contributed by atoms with E-state index in [0.29, 0.717) is 5.92 Å². The number of fused-ring (bicyclic) bond motifs is 1. The molecule has 0 spiro atoms. The van der Waals surface area contributed by atoms with Gasteiger partial charge in [-0.25, -0.2) is 0 Å². The van der Waals surface area contributed by atoms with Crippen molar-refractivity contribution in [3.8, 4) is 5.75 Å². The first kappa shape index (κ1) is 20.5. The highest BCUT2D eigenvalue weighted by molar-refractivity contribution is 5.81. The van der Waals surface area contributed by atoms with Crippen molar-refractivity contribution in [3.63, 3.8) is 0 Å². The fourth-order valence-electron chi connectivity index (χ4n) is 4.43. The van der Waals surface area contributed by atoms with Gasteiger partial charge in [0.15, 0.2) is 0 Å². The molecule has 0 unspecified atom stereocenters. The Hall–Kier alpha value is -2.75. The van der Waals surface area contributed by atoms with Crippen LogP contribution >= 0.6 is 0 Å². The van der Waals surface area contributed by atoms with Crippen LogP contribution in [0.1, 0.15) is 36.5 Å². The molecule has 1 fully saturated rings. The number of piperidine rings is 1. The first-order valence-corrected chi connectivity index (χ1v) is 11.1. The number of likely N-dealkylation sites (tertiary alicyclic amines) is 1. The summed E-state index contributed by atoms with van der Waals surface area (Å²) in [6, 6.07) is 16.9. The van der Waals surface area contributed by atoms with Crippen molar-refractivity contribution in [2.75, 3.05) is 26.2 Å². The molecule has 0 aliphatic carbocycles. The van der Waals surface area contributed by atoms with Gasteiger partial charge in [-0.2, -0.15) is 0 Å². The lowest BCUT2D eigenvalue weighted by Gasteiger charge is -2.34. The molecule has 0 aromatic heterocycles. The highest BCUT2D eigenvalue weighted by Gasteiger charge is 2.22. The molecule has 0 bridgehead atoms. The lowest BCUT2D eigenvalue weighted by Crippen LogP contribution is -2.40. The van der Waals surface area contributed by atoms with Crippen LogP contribution in [0.4, 0.5) is 0 Å². The van der Waals surface area contributed by atoms with Crippen LogP contribution in [0.3, 0.4) is 0 Å². The van der Waals surface area contributed by atoms with Gasteiger partial charge in [-0.1, -0.05) is 43.0 Å². The summed E-state index contributed by atoms with van der Waals surface area (Å²) in [5.41, 5.74) is 5.15. The molecule has 1 saturated heterocycles. The summed E-state index contributed by atoms with van der Waals surface area (Å²) in [5.74, 6) is 2.28. The number of benzene rings is 2. The quantitative estimate of drug-likeness (QED) is 0.551. The Kier molecular flexibility index (Phi) is 6.41. The van der Waals surface area contributed by atoms with Crippen LogP contribution in [0.25, 0.3) is 0 Å². The molecule has 0 saturated carbocycles. The van der Waals surface area contributed by atoms with E-state index in [1.165, 1.54) is 16.7 Å². The first-order valence-electron chi connectivity index (χ1n) is 11.1. The molecule has 4 heteroatoms. The number of amidine groups is 1. The van der Waals surface area contributed by atoms with Crippen LogP contribution < -0.4 is 4.74 Å². The molecule has 2 aliphatic heterocycles. The maximum atomic E-state index is 8.44. The first-order chi connectivity index (χ1) is 14.6. The predicted molar refractivity (Wildman–Crippen MR) is 123 cm³/mol. The molecular weight excluding hydrogens is 370 g/mol. The smallest absolute Gasteiger partial charge is 0.119 e. The molecule has 1 N–H and O–H groups in total. The van der Waals surface area contributed by atoms with E-state index >= 15 is 0 Å². The summed E-state index contributed by atoms with van der Waals surface area (Å²) < 4.78 is 6.19. The average Bonchev–Trinajstić information content (AvgIpc) is 2.78. The zero-order valence-corrected chi connectivity index (χ0v) is 18.1. The van der Waals surface area contributed by atoms with Crippen molar-refractivity contribution in [2.24, 2.45) is 5.92 Å². The minimum absolute atomic E-state index is 0.564. The fourth-order valence-corrected chi connectivity index (χ4v) is 4.43. The molecule has 0 amide bonds. The molecule has 0 atom stereocenters. The van der Waals surface area contributed by atoms with Gasteiger partial charge in [0.2, 0.25) is 0 Å². The van der Waals surface area contributed by atoms with Crippen LogP contribution in [-0.2, 0) is 19.4 Å². The van der Waals surface area contributed by atoms with Crippen molar-refractivity contribution in [2.45, 2.75) is 39.2 Å². The van der Waals surface area contributed by atoms with E-state index in [-0.39, 0.29) is 0 Å². The molecule has 2 aromatic carbocycles. The topological polar surface area (TPSA) is 39.6 Å². The van der Waals surface area contributed by atoms with Crippen molar-refractivity contribution in [3.05, 3.63) is 77.5 Å². The summed E-state index contributed by atoms with van der Waals surface area (Å²) in [6.07, 6.45) is 3.98. The molecule has 158 valence electrons. The monoisotopic (exact) mass is 403 g/mol. The Balaban J connectivity index is 1.25. The van der Waals surface area contributed by atoms with Gasteiger partial charge in [0.25, 0.3) is 0 Å². The number of nitrogens with one attached hydrogen (secondary N) is 1. The number of hydrogen-bond acceptors (Lipinski definition) is 3. The maximum Gasteiger partial charge on any atom is 0.119 e. The van der Waals surface area contributed by atoms with E-state index in [2.05, 4.69) is 53.6 Å². The van der Waals surface area contributed by atoms with Gasteiger partial charge < -0.3 is 14.5 Å². The molecule has 30 heavy (non-hydrogen) atoms. The van der Waals surface area contributed by atoms with E-state index in [4.69, 9.17) is 10.1 Å². The third-order valence-corrected chi connectivity index (χ3v) is 6.43. The lowest BCUT2D eigenvalue weighted by molar-refractivity contribution is 0.179. The third-order valence-electron chi connectivity index (χ3n) is 6.43. The summed E-state index contributed by atoms with van der Waals surface area (Å²) in [7, 11) is 0. The lowest BCUT2D eigenvalue weighted by atomic mass is 9.97. The Morgan fingerprint density at radius 2 is 1.80 bits per heavy atom. The second kappa shape index (κ2) is 9.38. The van der Waals surface area contributed by atoms with E-state index < -0.39 is 0 Å². The number of hydrogen-bond donors (Lipinski definition) is 1. The Morgan fingerprint density at radius 3 is 2.53 bits per heavy atom. The van der Waals surface area contributed by atoms with Gasteiger partial charge >= 0.3 is 0 Å². The van der Waals surface area contributed by atoms with Gasteiger partial charge in [-0.05, 0) is 60.9 Å². The van der Waals surface area contributed by atoms with Crippen molar-refractivity contribution in [1.82, 2.24) is 9.80 Å². The summed E-state index contributed by atoms with van der Waals surface area (Å²) in [6.45, 7) is 10.8. The highest BCUT2D eigenvalue weighted by atomic mass is 16.5. The van der Waals surface area contributed by atoms with E-state index in [1.807, 2.05) is 18.2 Å². The second-order valence-corrected chi connectivity index (χ2v) is 8.69. The summed E-state index contributed by atoms with van der Waals surface area (Å²) in [4.78, 5) is 4.57. The minimum Gasteiger partial charge on any atom is -0.493 e. The Bertz CT molecular complexity index is 884. The maximum absolute atomic E-state index is 8.44. The normalized spacial score (nSPS) is 16.8. The van der Waals surface area contributed by atoms with Crippen LogP contribution in [0.15, 0.2) is 60.8 Å². The molecular formula is C26H33N3O. The number of rotatable bonds is 6. The van der Waals surface area contributed by atoms with Crippen LogP contribution in [0, 0.1) is 11.3 Å². The van der Waals surface area contributed by atoms with Crippen LogP contribution in [0.2, 0.25) is 0 Å². The SMILES string of the molecule is C=C(C)N1CCc2ccc(OCC3CCN(C(=N)Cc4ccccc4)CC3)cc2C1. The van der Waals surface area contributed by atoms with Gasteiger partial charge in [0, 0.05) is 38.3 Å². The number of nitrogens with zero attached hydrogens (tertiary/aromatic N) is 2. The molecule has 4 nitrogen and oxygen atoms in total. The molecule has 2 aromatic rings. The van der Waals surface area contributed by atoms with Gasteiger partial charge in [-0.15, -0.1) is 0 Å². The second-order valence-electron chi connectivity index (χ2n) is 8.69. The van der Waals surface area contributed by atoms with Gasteiger partial charge in [0.05, 0.1) is 6.61 Å². The van der Waals surface area contributed by atoms with Crippen molar-refractivity contribution >= 4 is 5.84 Å². The van der Waals surface area contributed by atoms with Crippen molar-refractivity contribution in [1.29, 1.82) is 5.41 Å². The summed E-state index contributed by atoms with van der Waals surface area (Å²) >= 11 is 0. The zero-order chi connectivity index (χ0) is 20.9. The standard InChI is InChI=1S/C26H33N3O/c1-20(2)29-15-12-23-8-9-25(17-24(23)18-29)30-19-22-10-13-28(14-11-22)26(27)16-21-6-4-3-5-7-21/h3-9,17,22,27H,1,10-16,18-19H2,2H3. The largest absolute Gasteiger partial charge is 0.493 e. The zero-order valence-electron chi connectivity index (χ0n) is 18.1. The van der Waals surface area contributed by atoms with Crippen molar-refractivity contribution < 1.29 is 4.74 Å². The highest BCUT2D eigenvalue weighted by Crippen LogP contribution is 2.26. The Labute approximate surface area is 180 Å². The van der Waals surface area contributed by atoms with Gasteiger partial charge in [0.1, 0.15) is 11.6 Å². The van der Waals surface area contributed by atoms with E-state index in [0.717, 1.165) is 75.8 Å². The van der Waals surface area contributed by atoms with E-state index in [9.17, 15) is 0 Å². The molecule has 2 aliphatic rings. The fraction of sp³-hybridized carbons (Fsp3) is 0.423. The third kappa shape index (κ3) is 5.05. The van der Waals surface area contributed by atoms with Crippen LogP contribution in [0.5, 0.6) is 5.75 Å². The molecule has 4 rings (SSSR count). The molecule has 2 heterocycles. The minimum atomic E-state index is 0.564.